The van der Waals surface area contributed by atoms with Crippen LogP contribution in [0.1, 0.15) is 19.4 Å². The molecule has 0 spiro atoms. The number of urea groups is 1. The third-order valence-corrected chi connectivity index (χ3v) is 2.68. The Hall–Kier alpha value is -2.04. The van der Waals surface area contributed by atoms with Crippen LogP contribution in [-0.4, -0.2) is 36.6 Å². The molecule has 104 valence electrons. The molecule has 0 fully saturated rings. The summed E-state index contributed by atoms with van der Waals surface area (Å²) >= 11 is 0. The standard InChI is InChI=1S/C14H20N2O3/c1-10(2)16(9-13(17)19-4)14(18)15-12-7-5-6-11(3)8-12/h5-8,10H,9H2,1-4H3,(H,15,18). The fraction of sp³-hybridized carbons (Fsp3) is 0.429. The number of anilines is 1. The monoisotopic (exact) mass is 264 g/mol. The number of carbonyl (C=O) groups is 2. The minimum atomic E-state index is -0.437. The van der Waals surface area contributed by atoms with Crippen molar-refractivity contribution in [2.45, 2.75) is 26.8 Å². The second-order valence-electron chi connectivity index (χ2n) is 4.60. The van der Waals surface area contributed by atoms with Crippen molar-refractivity contribution in [3.63, 3.8) is 0 Å². The number of benzene rings is 1. The molecule has 0 saturated carbocycles. The molecule has 5 nitrogen and oxygen atoms in total. The van der Waals surface area contributed by atoms with Crippen LogP contribution in [0, 0.1) is 6.92 Å². The summed E-state index contributed by atoms with van der Waals surface area (Å²) in [5, 5.41) is 2.77. The zero-order chi connectivity index (χ0) is 14.4. The first kappa shape index (κ1) is 15.0. The SMILES string of the molecule is COC(=O)CN(C(=O)Nc1cccc(C)c1)C(C)C. The van der Waals surface area contributed by atoms with Crippen LogP contribution < -0.4 is 5.32 Å². The smallest absolute Gasteiger partial charge is 0.325 e. The summed E-state index contributed by atoms with van der Waals surface area (Å²) in [6.45, 7) is 5.58. The molecule has 1 rings (SSSR count). The number of carbonyl (C=O) groups excluding carboxylic acids is 2. The Morgan fingerprint density at radius 1 is 1.37 bits per heavy atom. The molecule has 19 heavy (non-hydrogen) atoms. The third-order valence-electron chi connectivity index (χ3n) is 2.68. The molecule has 1 aromatic carbocycles. The Kier molecular flexibility index (Phi) is 5.36. The summed E-state index contributed by atoms with van der Waals surface area (Å²) in [5.41, 5.74) is 1.77. The number of aryl methyl sites for hydroxylation is 1. The van der Waals surface area contributed by atoms with Gasteiger partial charge >= 0.3 is 12.0 Å². The van der Waals surface area contributed by atoms with Crippen LogP contribution in [0.3, 0.4) is 0 Å². The van der Waals surface area contributed by atoms with Gasteiger partial charge in [-0.05, 0) is 38.5 Å². The van der Waals surface area contributed by atoms with E-state index in [0.717, 1.165) is 5.56 Å². The maximum atomic E-state index is 12.1. The highest BCUT2D eigenvalue weighted by Gasteiger charge is 2.20. The fourth-order valence-electron chi connectivity index (χ4n) is 1.61. The largest absolute Gasteiger partial charge is 0.468 e. The lowest BCUT2D eigenvalue weighted by molar-refractivity contribution is -0.141. The van der Waals surface area contributed by atoms with Crippen molar-refractivity contribution in [2.24, 2.45) is 0 Å². The summed E-state index contributed by atoms with van der Waals surface area (Å²) in [6, 6.07) is 7.08. The number of amides is 2. The van der Waals surface area contributed by atoms with Gasteiger partial charge in [-0.25, -0.2) is 4.79 Å². The minimum Gasteiger partial charge on any atom is -0.468 e. The van der Waals surface area contributed by atoms with Crippen molar-refractivity contribution < 1.29 is 14.3 Å². The Bertz CT molecular complexity index is 458. The van der Waals surface area contributed by atoms with Gasteiger partial charge in [0.15, 0.2) is 0 Å². The van der Waals surface area contributed by atoms with Gasteiger partial charge in [0.25, 0.3) is 0 Å². The van der Waals surface area contributed by atoms with E-state index >= 15 is 0 Å². The van der Waals surface area contributed by atoms with Crippen LogP contribution in [0.25, 0.3) is 0 Å². The van der Waals surface area contributed by atoms with E-state index in [1.54, 1.807) is 0 Å². The van der Waals surface area contributed by atoms with Gasteiger partial charge in [0.2, 0.25) is 0 Å². The first-order valence-electron chi connectivity index (χ1n) is 6.15. The molecular formula is C14H20N2O3. The molecular weight excluding hydrogens is 244 g/mol. The van der Waals surface area contributed by atoms with Crippen molar-refractivity contribution in [1.82, 2.24) is 4.90 Å². The highest BCUT2D eigenvalue weighted by Crippen LogP contribution is 2.11. The summed E-state index contributed by atoms with van der Waals surface area (Å²) in [5.74, 6) is -0.437. The molecule has 0 unspecified atom stereocenters. The number of rotatable bonds is 4. The predicted molar refractivity (Wildman–Crippen MR) is 74.1 cm³/mol. The van der Waals surface area contributed by atoms with Gasteiger partial charge in [0.05, 0.1) is 7.11 Å². The Labute approximate surface area is 113 Å². The number of nitrogens with zero attached hydrogens (tertiary/aromatic N) is 1. The Morgan fingerprint density at radius 3 is 2.58 bits per heavy atom. The summed E-state index contributed by atoms with van der Waals surface area (Å²) in [7, 11) is 1.30. The van der Waals surface area contributed by atoms with Gasteiger partial charge in [-0.15, -0.1) is 0 Å². The summed E-state index contributed by atoms with van der Waals surface area (Å²) in [4.78, 5) is 24.8. The van der Waals surface area contributed by atoms with E-state index in [0.29, 0.717) is 5.69 Å². The maximum Gasteiger partial charge on any atom is 0.325 e. The Morgan fingerprint density at radius 2 is 2.05 bits per heavy atom. The van der Waals surface area contributed by atoms with Gasteiger partial charge in [-0.1, -0.05) is 12.1 Å². The zero-order valence-corrected chi connectivity index (χ0v) is 11.8. The van der Waals surface area contributed by atoms with Crippen LogP contribution in [0.5, 0.6) is 0 Å². The van der Waals surface area contributed by atoms with E-state index in [9.17, 15) is 9.59 Å². The molecule has 0 bridgehead atoms. The van der Waals surface area contributed by atoms with E-state index in [1.165, 1.54) is 12.0 Å². The molecule has 0 aliphatic rings. The second-order valence-corrected chi connectivity index (χ2v) is 4.60. The van der Waals surface area contributed by atoms with Crippen LogP contribution in [0.2, 0.25) is 0 Å². The quantitative estimate of drug-likeness (QED) is 0.850. The van der Waals surface area contributed by atoms with Gasteiger partial charge in [0, 0.05) is 11.7 Å². The molecule has 1 aromatic rings. The van der Waals surface area contributed by atoms with Crippen LogP contribution >= 0.6 is 0 Å². The zero-order valence-electron chi connectivity index (χ0n) is 11.8. The minimum absolute atomic E-state index is 0.0637. The first-order chi connectivity index (χ1) is 8.93. The van der Waals surface area contributed by atoms with Gasteiger partial charge in [0.1, 0.15) is 6.54 Å². The number of nitrogens with one attached hydrogen (secondary N) is 1. The van der Waals surface area contributed by atoms with Gasteiger partial charge < -0.3 is 15.0 Å². The number of hydrogen-bond donors (Lipinski definition) is 1. The van der Waals surface area contributed by atoms with E-state index in [-0.39, 0.29) is 18.6 Å². The van der Waals surface area contributed by atoms with E-state index in [2.05, 4.69) is 10.1 Å². The second kappa shape index (κ2) is 6.78. The predicted octanol–water partition coefficient (Wildman–Crippen LogP) is 2.41. The average Bonchev–Trinajstić information content (AvgIpc) is 2.35. The maximum absolute atomic E-state index is 12.1. The van der Waals surface area contributed by atoms with Crippen molar-refractivity contribution in [3.8, 4) is 0 Å². The molecule has 0 heterocycles. The molecule has 2 amide bonds. The van der Waals surface area contributed by atoms with Gasteiger partial charge in [-0.2, -0.15) is 0 Å². The highest BCUT2D eigenvalue weighted by atomic mass is 16.5. The first-order valence-corrected chi connectivity index (χ1v) is 6.15. The molecule has 0 aromatic heterocycles. The summed E-state index contributed by atoms with van der Waals surface area (Å²) < 4.78 is 4.59. The molecule has 0 radical (unpaired) electrons. The number of ether oxygens (including phenoxy) is 1. The normalized spacial score (nSPS) is 10.2. The lowest BCUT2D eigenvalue weighted by atomic mass is 10.2. The third kappa shape index (κ3) is 4.62. The van der Waals surface area contributed by atoms with E-state index < -0.39 is 5.97 Å². The van der Waals surface area contributed by atoms with Crippen molar-refractivity contribution >= 4 is 17.7 Å². The average molecular weight is 264 g/mol. The van der Waals surface area contributed by atoms with Crippen molar-refractivity contribution in [3.05, 3.63) is 29.8 Å². The van der Waals surface area contributed by atoms with Crippen LogP contribution in [-0.2, 0) is 9.53 Å². The van der Waals surface area contributed by atoms with E-state index in [1.807, 2.05) is 45.0 Å². The fourth-order valence-corrected chi connectivity index (χ4v) is 1.61. The molecule has 0 saturated heterocycles. The number of methoxy groups -OCH3 is 1. The van der Waals surface area contributed by atoms with Crippen molar-refractivity contribution in [1.29, 1.82) is 0 Å². The molecule has 5 heteroatoms. The van der Waals surface area contributed by atoms with Crippen LogP contribution in [0.4, 0.5) is 10.5 Å². The topological polar surface area (TPSA) is 58.6 Å². The van der Waals surface area contributed by atoms with E-state index in [4.69, 9.17) is 0 Å². The Balaban J connectivity index is 2.75. The lowest BCUT2D eigenvalue weighted by Gasteiger charge is -2.25. The molecule has 0 aliphatic heterocycles. The number of esters is 1. The number of hydrogen-bond acceptors (Lipinski definition) is 3. The summed E-state index contributed by atoms with van der Waals surface area (Å²) in [6.07, 6.45) is 0. The highest BCUT2D eigenvalue weighted by molar-refractivity contribution is 5.91. The van der Waals surface area contributed by atoms with Gasteiger partial charge in [-0.3, -0.25) is 4.79 Å². The molecule has 0 atom stereocenters. The van der Waals surface area contributed by atoms with Crippen LogP contribution in [0.15, 0.2) is 24.3 Å². The van der Waals surface area contributed by atoms with Crippen molar-refractivity contribution in [2.75, 3.05) is 19.0 Å². The molecule has 1 N–H and O–H groups in total. The molecule has 0 aliphatic carbocycles. The lowest BCUT2D eigenvalue weighted by Crippen LogP contribution is -2.43.